The Kier molecular flexibility index (Phi) is 14.8. The van der Waals surface area contributed by atoms with E-state index in [-0.39, 0.29) is 23.7 Å². The first-order valence-corrected chi connectivity index (χ1v) is 17.9. The van der Waals surface area contributed by atoms with Gasteiger partial charge in [-0.1, -0.05) is 76.8 Å². The van der Waals surface area contributed by atoms with E-state index in [0.29, 0.717) is 34.9 Å². The van der Waals surface area contributed by atoms with Gasteiger partial charge in [0.15, 0.2) is 11.5 Å². The third-order valence-electron chi connectivity index (χ3n) is 8.03. The summed E-state index contributed by atoms with van der Waals surface area (Å²) in [5.41, 5.74) is 1.54. The van der Waals surface area contributed by atoms with E-state index in [1.54, 1.807) is 36.5 Å². The van der Waals surface area contributed by atoms with Crippen LogP contribution in [-0.4, -0.2) is 36.1 Å². The van der Waals surface area contributed by atoms with Gasteiger partial charge >= 0.3 is 5.97 Å². The fraction of sp³-hybridized carbons (Fsp3) is 0.429. The molecule has 7 nitrogen and oxygen atoms in total. The van der Waals surface area contributed by atoms with Crippen molar-refractivity contribution in [2.24, 2.45) is 4.99 Å². The van der Waals surface area contributed by atoms with E-state index in [4.69, 9.17) is 18.9 Å². The van der Waals surface area contributed by atoms with Gasteiger partial charge in [0.05, 0.1) is 30.1 Å². The van der Waals surface area contributed by atoms with Gasteiger partial charge in [0.1, 0.15) is 17.2 Å². The van der Waals surface area contributed by atoms with Gasteiger partial charge in [0.25, 0.3) is 0 Å². The van der Waals surface area contributed by atoms with E-state index in [0.717, 1.165) is 22.9 Å². The van der Waals surface area contributed by atoms with Gasteiger partial charge in [-0.05, 0) is 93.4 Å². The summed E-state index contributed by atoms with van der Waals surface area (Å²) in [6.45, 7) is 10.8. The zero-order valence-electron chi connectivity index (χ0n) is 29.9. The average Bonchev–Trinajstić information content (AvgIpc) is 3.07. The highest BCUT2D eigenvalue weighted by atomic mass is 16.5. The van der Waals surface area contributed by atoms with E-state index < -0.39 is 5.97 Å². The van der Waals surface area contributed by atoms with Crippen LogP contribution in [0.5, 0.6) is 28.7 Å². The number of nitrogens with zero attached hydrogens (tertiary/aromatic N) is 1. The second kappa shape index (κ2) is 19.5. The second-order valence-electron chi connectivity index (χ2n) is 13.1. The number of ether oxygens (including phenoxy) is 4. The molecule has 262 valence electrons. The Labute approximate surface area is 292 Å². The Morgan fingerprint density at radius 3 is 2.02 bits per heavy atom. The van der Waals surface area contributed by atoms with Crippen molar-refractivity contribution in [2.75, 3.05) is 6.61 Å². The molecule has 0 aromatic heterocycles. The monoisotopic (exact) mass is 667 g/mol. The van der Waals surface area contributed by atoms with Gasteiger partial charge in [-0.3, -0.25) is 4.99 Å². The predicted molar refractivity (Wildman–Crippen MR) is 200 cm³/mol. The SMILES string of the molecule is CCCCCCCCCCCCOc1ccc2cc(C(=O)Oc3ccc(C=Nc4ccc(OC(C)C)c(OC(C)C)c4)c(O)c3)ccc2c1. The zero-order valence-corrected chi connectivity index (χ0v) is 29.9. The summed E-state index contributed by atoms with van der Waals surface area (Å²) in [7, 11) is 0. The summed E-state index contributed by atoms with van der Waals surface area (Å²) in [5.74, 6) is 1.75. The molecule has 4 rings (SSSR count). The van der Waals surface area contributed by atoms with Crippen molar-refractivity contribution < 1.29 is 28.8 Å². The van der Waals surface area contributed by atoms with Gasteiger partial charge < -0.3 is 24.1 Å². The summed E-state index contributed by atoms with van der Waals surface area (Å²) in [5, 5.41) is 12.6. The minimum absolute atomic E-state index is 0.00626. The molecule has 0 fully saturated rings. The Bertz CT molecular complexity index is 1660. The normalized spacial score (nSPS) is 11.5. The highest BCUT2D eigenvalue weighted by Gasteiger charge is 2.13. The van der Waals surface area contributed by atoms with E-state index in [1.807, 2.05) is 64.1 Å². The van der Waals surface area contributed by atoms with Crippen molar-refractivity contribution in [1.29, 1.82) is 0 Å². The number of aromatic hydroxyl groups is 1. The molecule has 0 saturated heterocycles. The molecule has 7 heteroatoms. The molecule has 4 aromatic rings. The highest BCUT2D eigenvalue weighted by molar-refractivity contribution is 5.97. The quantitative estimate of drug-likeness (QED) is 0.0437. The van der Waals surface area contributed by atoms with Gasteiger partial charge in [0.2, 0.25) is 0 Å². The lowest BCUT2D eigenvalue weighted by atomic mass is 10.1. The maximum atomic E-state index is 13.0. The number of benzene rings is 4. The molecule has 0 aliphatic rings. The standard InChI is InChI=1S/C42H53NO6/c1-6-7-8-9-10-11-12-13-14-15-24-46-37-21-18-32-25-34(17-16-33(32)26-37)42(45)49-38-22-19-35(39(44)28-38)29-43-36-20-23-40(47-30(2)3)41(27-36)48-31(4)5/h16-23,25-31,44H,6-15,24H2,1-5H3. The van der Waals surface area contributed by atoms with Crippen LogP contribution in [0, 0.1) is 0 Å². The van der Waals surface area contributed by atoms with Crippen LogP contribution in [0.1, 0.15) is 115 Å². The Balaban J connectivity index is 1.27. The molecule has 0 unspecified atom stereocenters. The number of phenolic OH excluding ortho intramolecular Hbond substituents is 1. The number of hydrogen-bond acceptors (Lipinski definition) is 7. The zero-order chi connectivity index (χ0) is 35.0. The Hall–Kier alpha value is -4.52. The van der Waals surface area contributed by atoms with Gasteiger partial charge in [0, 0.05) is 23.9 Å². The van der Waals surface area contributed by atoms with Crippen molar-refractivity contribution in [3.63, 3.8) is 0 Å². The number of hydrogen-bond donors (Lipinski definition) is 1. The van der Waals surface area contributed by atoms with Crippen LogP contribution < -0.4 is 18.9 Å². The topological polar surface area (TPSA) is 86.6 Å². The maximum Gasteiger partial charge on any atom is 0.343 e. The smallest absolute Gasteiger partial charge is 0.343 e. The maximum absolute atomic E-state index is 13.0. The summed E-state index contributed by atoms with van der Waals surface area (Å²) < 4.78 is 23.4. The number of unbranched alkanes of at least 4 members (excludes halogenated alkanes) is 9. The van der Waals surface area contributed by atoms with Gasteiger partial charge in [-0.2, -0.15) is 0 Å². The van der Waals surface area contributed by atoms with E-state index in [1.165, 1.54) is 63.9 Å². The van der Waals surface area contributed by atoms with Crippen LogP contribution in [0.3, 0.4) is 0 Å². The van der Waals surface area contributed by atoms with Crippen molar-refractivity contribution in [3.8, 4) is 28.7 Å². The lowest BCUT2D eigenvalue weighted by Crippen LogP contribution is -2.10. The minimum Gasteiger partial charge on any atom is -0.507 e. The molecular formula is C42H53NO6. The first-order chi connectivity index (χ1) is 23.7. The third-order valence-corrected chi connectivity index (χ3v) is 8.03. The molecule has 0 bridgehead atoms. The molecule has 0 heterocycles. The number of fused-ring (bicyclic) bond motifs is 1. The number of esters is 1. The van der Waals surface area contributed by atoms with E-state index >= 15 is 0 Å². The van der Waals surface area contributed by atoms with Crippen LogP contribution >= 0.6 is 0 Å². The molecule has 4 aromatic carbocycles. The molecule has 0 amide bonds. The van der Waals surface area contributed by atoms with Crippen LogP contribution in [-0.2, 0) is 0 Å². The van der Waals surface area contributed by atoms with E-state index in [9.17, 15) is 9.90 Å². The first-order valence-electron chi connectivity index (χ1n) is 17.9. The Morgan fingerprint density at radius 2 is 1.33 bits per heavy atom. The van der Waals surface area contributed by atoms with Crippen LogP contribution in [0.25, 0.3) is 10.8 Å². The number of rotatable bonds is 20. The lowest BCUT2D eigenvalue weighted by molar-refractivity contribution is 0.0734. The largest absolute Gasteiger partial charge is 0.507 e. The van der Waals surface area contributed by atoms with Crippen LogP contribution in [0.15, 0.2) is 77.8 Å². The molecule has 1 N–H and O–H groups in total. The average molecular weight is 668 g/mol. The van der Waals surface area contributed by atoms with Crippen molar-refractivity contribution in [3.05, 3.63) is 83.9 Å². The first kappa shape index (κ1) is 37.3. The predicted octanol–water partition coefficient (Wildman–Crippen LogP) is 11.4. The molecule has 0 atom stereocenters. The number of aliphatic imine (C=N–C) groups is 1. The molecule has 49 heavy (non-hydrogen) atoms. The van der Waals surface area contributed by atoms with Crippen molar-refractivity contribution >= 4 is 28.6 Å². The lowest BCUT2D eigenvalue weighted by Gasteiger charge is -2.17. The Morgan fingerprint density at radius 1 is 0.694 bits per heavy atom. The molecule has 0 aliphatic carbocycles. The summed E-state index contributed by atoms with van der Waals surface area (Å²) >= 11 is 0. The fourth-order valence-corrected chi connectivity index (χ4v) is 5.50. The molecule has 0 aliphatic heterocycles. The summed E-state index contributed by atoms with van der Waals surface area (Å²) in [6.07, 6.45) is 14.5. The highest BCUT2D eigenvalue weighted by Crippen LogP contribution is 2.34. The van der Waals surface area contributed by atoms with Crippen LogP contribution in [0.2, 0.25) is 0 Å². The third kappa shape index (κ3) is 12.5. The number of phenols is 1. The van der Waals surface area contributed by atoms with Gasteiger partial charge in [-0.25, -0.2) is 4.79 Å². The summed E-state index contributed by atoms with van der Waals surface area (Å²) in [4.78, 5) is 17.5. The number of carbonyl (C=O) groups is 1. The van der Waals surface area contributed by atoms with E-state index in [2.05, 4.69) is 11.9 Å². The number of carbonyl (C=O) groups excluding carboxylic acids is 1. The summed E-state index contributed by atoms with van der Waals surface area (Å²) in [6, 6.07) is 21.5. The van der Waals surface area contributed by atoms with Crippen molar-refractivity contribution in [2.45, 2.75) is 111 Å². The van der Waals surface area contributed by atoms with Gasteiger partial charge in [-0.15, -0.1) is 0 Å². The minimum atomic E-state index is -0.509. The molecule has 0 spiro atoms. The van der Waals surface area contributed by atoms with Crippen LogP contribution in [0.4, 0.5) is 5.69 Å². The molecule has 0 saturated carbocycles. The molecular weight excluding hydrogens is 614 g/mol. The molecule has 0 radical (unpaired) electrons. The second-order valence-corrected chi connectivity index (χ2v) is 13.1. The van der Waals surface area contributed by atoms with Crippen molar-refractivity contribution in [1.82, 2.24) is 0 Å². The fourth-order valence-electron chi connectivity index (χ4n) is 5.50.